The Morgan fingerprint density at radius 1 is 1.44 bits per heavy atom. The van der Waals surface area contributed by atoms with Gasteiger partial charge in [-0.15, -0.1) is 0 Å². The van der Waals surface area contributed by atoms with E-state index in [1.54, 1.807) is 39.3 Å². The highest BCUT2D eigenvalue weighted by Crippen LogP contribution is 2.10. The lowest BCUT2D eigenvalue weighted by Crippen LogP contribution is -2.35. The van der Waals surface area contributed by atoms with Crippen LogP contribution in [0.4, 0.5) is 4.79 Å². The number of nitrogens with zero attached hydrogens (tertiary/aromatic N) is 2. The molecule has 1 amide bonds. The van der Waals surface area contributed by atoms with Crippen molar-refractivity contribution in [3.05, 3.63) is 17.1 Å². The van der Waals surface area contributed by atoms with Crippen LogP contribution < -0.4 is 0 Å². The minimum Gasteiger partial charge on any atom is -0.444 e. The summed E-state index contributed by atoms with van der Waals surface area (Å²) < 4.78 is 9.14. The number of ether oxygens (including phenoxy) is 1. The maximum atomic E-state index is 11.7. The molecule has 0 aliphatic heterocycles. The predicted octanol–water partition coefficient (Wildman–Crippen LogP) is 2.58. The smallest absolute Gasteiger partial charge is 0.410 e. The molecule has 0 aromatic carbocycles. The summed E-state index contributed by atoms with van der Waals surface area (Å²) >= 11 is 1.24. The molecule has 0 atom stereocenters. The minimum absolute atomic E-state index is 0.0633. The van der Waals surface area contributed by atoms with E-state index in [4.69, 9.17) is 4.74 Å². The second-order valence-electron chi connectivity index (χ2n) is 4.96. The molecule has 0 bridgehead atoms. The molecule has 1 aromatic rings. The SMILES string of the molecule is CN(CCC(=O)c1ccsn1)C(=O)OC(C)(C)C. The monoisotopic (exact) mass is 270 g/mol. The number of aromatic nitrogens is 1. The number of hydrogen-bond acceptors (Lipinski definition) is 5. The van der Waals surface area contributed by atoms with Crippen molar-refractivity contribution in [3.8, 4) is 0 Å². The Kier molecular flexibility index (Phi) is 4.84. The van der Waals surface area contributed by atoms with Gasteiger partial charge in [-0.3, -0.25) is 4.79 Å². The molecule has 0 aliphatic carbocycles. The Bertz CT molecular complexity index is 409. The van der Waals surface area contributed by atoms with Gasteiger partial charge in [0.1, 0.15) is 11.3 Å². The number of ketones is 1. The van der Waals surface area contributed by atoms with E-state index < -0.39 is 11.7 Å². The summed E-state index contributed by atoms with van der Waals surface area (Å²) in [5.41, 5.74) is -0.0674. The molecule has 0 radical (unpaired) electrons. The van der Waals surface area contributed by atoms with E-state index >= 15 is 0 Å². The zero-order chi connectivity index (χ0) is 13.8. The van der Waals surface area contributed by atoms with Gasteiger partial charge >= 0.3 is 6.09 Å². The summed E-state index contributed by atoms with van der Waals surface area (Å²) in [7, 11) is 1.61. The van der Waals surface area contributed by atoms with Crippen molar-refractivity contribution in [1.82, 2.24) is 9.27 Å². The standard InChI is InChI=1S/C12H18N2O3S/c1-12(2,3)17-11(16)14(4)7-5-10(15)9-6-8-18-13-9/h6,8H,5,7H2,1-4H3. The highest BCUT2D eigenvalue weighted by molar-refractivity contribution is 7.03. The fraction of sp³-hybridized carbons (Fsp3) is 0.583. The van der Waals surface area contributed by atoms with Gasteiger partial charge in [0.05, 0.1) is 0 Å². The first-order valence-electron chi connectivity index (χ1n) is 5.67. The van der Waals surface area contributed by atoms with E-state index in [-0.39, 0.29) is 12.2 Å². The molecule has 1 aromatic heterocycles. The Hall–Kier alpha value is -1.43. The third kappa shape index (κ3) is 4.83. The lowest BCUT2D eigenvalue weighted by molar-refractivity contribution is 0.0298. The number of carbonyl (C=O) groups excluding carboxylic acids is 2. The van der Waals surface area contributed by atoms with Gasteiger partial charge in [0.15, 0.2) is 5.78 Å². The normalized spacial score (nSPS) is 11.1. The average molecular weight is 270 g/mol. The molecular weight excluding hydrogens is 252 g/mol. The maximum Gasteiger partial charge on any atom is 0.410 e. The van der Waals surface area contributed by atoms with Crippen LogP contribution in [-0.4, -0.2) is 40.3 Å². The maximum absolute atomic E-state index is 11.7. The van der Waals surface area contributed by atoms with Crippen molar-refractivity contribution in [2.45, 2.75) is 32.8 Å². The van der Waals surface area contributed by atoms with Crippen molar-refractivity contribution >= 4 is 23.4 Å². The van der Waals surface area contributed by atoms with Crippen LogP contribution in [-0.2, 0) is 4.74 Å². The van der Waals surface area contributed by atoms with Gasteiger partial charge < -0.3 is 9.64 Å². The molecule has 6 heteroatoms. The third-order valence-electron chi connectivity index (χ3n) is 2.10. The van der Waals surface area contributed by atoms with E-state index in [9.17, 15) is 9.59 Å². The highest BCUT2D eigenvalue weighted by atomic mass is 32.1. The molecule has 0 aliphatic rings. The fourth-order valence-corrected chi connectivity index (χ4v) is 1.71. The molecule has 18 heavy (non-hydrogen) atoms. The molecule has 0 unspecified atom stereocenters. The van der Waals surface area contributed by atoms with Gasteiger partial charge in [-0.2, -0.15) is 4.37 Å². The minimum atomic E-state index is -0.524. The van der Waals surface area contributed by atoms with Crippen molar-refractivity contribution in [3.63, 3.8) is 0 Å². The van der Waals surface area contributed by atoms with Gasteiger partial charge in [0, 0.05) is 25.4 Å². The third-order valence-corrected chi connectivity index (χ3v) is 2.66. The van der Waals surface area contributed by atoms with E-state index in [1.807, 2.05) is 0 Å². The van der Waals surface area contributed by atoms with E-state index in [2.05, 4.69) is 4.37 Å². The molecule has 0 saturated heterocycles. The number of Topliss-reactive ketones (excluding diaryl/α,β-unsaturated/α-hetero) is 1. The number of rotatable bonds is 4. The van der Waals surface area contributed by atoms with Crippen molar-refractivity contribution in [1.29, 1.82) is 0 Å². The molecule has 5 nitrogen and oxygen atoms in total. The average Bonchev–Trinajstić information content (AvgIpc) is 2.76. The van der Waals surface area contributed by atoms with Gasteiger partial charge in [-0.1, -0.05) is 0 Å². The second kappa shape index (κ2) is 5.95. The number of carbonyl (C=O) groups is 2. The summed E-state index contributed by atoms with van der Waals surface area (Å²) in [6.45, 7) is 5.74. The van der Waals surface area contributed by atoms with Gasteiger partial charge in [0.25, 0.3) is 0 Å². The van der Waals surface area contributed by atoms with Gasteiger partial charge in [-0.05, 0) is 38.4 Å². The Balaban J connectivity index is 2.39. The first-order chi connectivity index (χ1) is 8.29. The number of hydrogen-bond donors (Lipinski definition) is 0. The Morgan fingerprint density at radius 2 is 2.11 bits per heavy atom. The summed E-state index contributed by atoms with van der Waals surface area (Å²) in [5.74, 6) is -0.0633. The van der Waals surface area contributed by atoms with Gasteiger partial charge in [-0.25, -0.2) is 4.79 Å². The van der Waals surface area contributed by atoms with Crippen LogP contribution in [0.3, 0.4) is 0 Å². The van der Waals surface area contributed by atoms with Crippen LogP contribution in [0.1, 0.15) is 37.7 Å². The van der Waals surface area contributed by atoms with Crippen molar-refractivity contribution in [2.24, 2.45) is 0 Å². The van der Waals surface area contributed by atoms with Gasteiger partial charge in [0.2, 0.25) is 0 Å². The van der Waals surface area contributed by atoms with Crippen molar-refractivity contribution in [2.75, 3.05) is 13.6 Å². The molecule has 0 fully saturated rings. The van der Waals surface area contributed by atoms with Crippen LogP contribution in [0.5, 0.6) is 0 Å². The van der Waals surface area contributed by atoms with Crippen LogP contribution >= 0.6 is 11.5 Å². The zero-order valence-electron chi connectivity index (χ0n) is 11.1. The lowest BCUT2D eigenvalue weighted by Gasteiger charge is -2.24. The molecule has 0 saturated carbocycles. The van der Waals surface area contributed by atoms with Crippen LogP contribution in [0, 0.1) is 0 Å². The van der Waals surface area contributed by atoms with E-state index in [1.165, 1.54) is 16.4 Å². The molecule has 1 heterocycles. The highest BCUT2D eigenvalue weighted by Gasteiger charge is 2.20. The van der Waals surface area contributed by atoms with E-state index in [0.717, 1.165) is 0 Å². The van der Waals surface area contributed by atoms with Crippen LogP contribution in [0.25, 0.3) is 0 Å². The second-order valence-corrected chi connectivity index (χ2v) is 5.63. The summed E-state index contributed by atoms with van der Waals surface area (Å²) in [5, 5.41) is 1.75. The first kappa shape index (κ1) is 14.6. The predicted molar refractivity (Wildman–Crippen MR) is 69.9 cm³/mol. The lowest BCUT2D eigenvalue weighted by atomic mass is 10.2. The molecule has 1 rings (SSSR count). The zero-order valence-corrected chi connectivity index (χ0v) is 11.9. The Labute approximate surface area is 111 Å². The summed E-state index contributed by atoms with van der Waals surface area (Å²) in [6.07, 6.45) is -0.173. The molecular formula is C12H18N2O3S. The molecule has 0 spiro atoms. The molecule has 100 valence electrons. The summed E-state index contributed by atoms with van der Waals surface area (Å²) in [6, 6.07) is 1.68. The Morgan fingerprint density at radius 3 is 2.61 bits per heavy atom. The quantitative estimate of drug-likeness (QED) is 0.789. The van der Waals surface area contributed by atoms with Crippen LogP contribution in [0.2, 0.25) is 0 Å². The molecule has 0 N–H and O–H groups in total. The van der Waals surface area contributed by atoms with E-state index in [0.29, 0.717) is 12.2 Å². The largest absolute Gasteiger partial charge is 0.444 e. The van der Waals surface area contributed by atoms with Crippen LogP contribution in [0.15, 0.2) is 11.4 Å². The fourth-order valence-electron chi connectivity index (χ4n) is 1.18. The van der Waals surface area contributed by atoms with Crippen molar-refractivity contribution < 1.29 is 14.3 Å². The number of amides is 1. The topological polar surface area (TPSA) is 59.5 Å². The first-order valence-corrected chi connectivity index (χ1v) is 6.51. The summed E-state index contributed by atoms with van der Waals surface area (Å²) in [4.78, 5) is 24.7.